The molecular formula is C14H19NO4. The number of ether oxygens (including phenoxy) is 1. The molecule has 1 aromatic rings. The molecule has 1 aromatic carbocycles. The lowest BCUT2D eigenvalue weighted by Gasteiger charge is -2.24. The summed E-state index contributed by atoms with van der Waals surface area (Å²) in [5, 5.41) is 9.03. The number of esters is 1. The highest BCUT2D eigenvalue weighted by atomic mass is 16.5. The Morgan fingerprint density at radius 3 is 2.47 bits per heavy atom. The van der Waals surface area contributed by atoms with Crippen LogP contribution in [-0.2, 0) is 9.53 Å². The molecule has 19 heavy (non-hydrogen) atoms. The molecule has 104 valence electrons. The first-order chi connectivity index (χ1) is 9.10. The molecule has 0 bridgehead atoms. The Balaban J connectivity index is 2.77. The van der Waals surface area contributed by atoms with Gasteiger partial charge in [0.2, 0.25) is 0 Å². The third kappa shape index (κ3) is 4.37. The molecule has 5 heteroatoms. The third-order valence-corrected chi connectivity index (χ3v) is 2.78. The summed E-state index contributed by atoms with van der Waals surface area (Å²) in [5.74, 6) is -1.00. The number of carbonyl (C=O) groups is 2. The normalized spacial score (nSPS) is 11.7. The second-order valence-electron chi connectivity index (χ2n) is 4.27. The molecule has 0 aliphatic rings. The second kappa shape index (κ2) is 7.53. The van der Waals surface area contributed by atoms with E-state index >= 15 is 0 Å². The zero-order chi connectivity index (χ0) is 14.3. The van der Waals surface area contributed by atoms with Crippen LogP contribution < -0.4 is 0 Å². The van der Waals surface area contributed by atoms with Gasteiger partial charge in [0.1, 0.15) is 0 Å². The number of methoxy groups -OCH3 is 1. The molecule has 0 radical (unpaired) electrons. The van der Waals surface area contributed by atoms with Crippen LogP contribution in [0.25, 0.3) is 0 Å². The van der Waals surface area contributed by atoms with E-state index < -0.39 is 5.92 Å². The lowest BCUT2D eigenvalue weighted by molar-refractivity contribution is -0.145. The first-order valence-electron chi connectivity index (χ1n) is 6.13. The Labute approximate surface area is 112 Å². The van der Waals surface area contributed by atoms with Crippen LogP contribution >= 0.6 is 0 Å². The molecule has 0 spiro atoms. The zero-order valence-corrected chi connectivity index (χ0v) is 11.2. The van der Waals surface area contributed by atoms with Gasteiger partial charge in [0.15, 0.2) is 0 Å². The van der Waals surface area contributed by atoms with Crippen molar-refractivity contribution in [1.82, 2.24) is 4.90 Å². The van der Waals surface area contributed by atoms with Crippen molar-refractivity contribution >= 4 is 11.9 Å². The summed E-state index contributed by atoms with van der Waals surface area (Å²) >= 11 is 0. The fourth-order valence-corrected chi connectivity index (χ4v) is 1.77. The van der Waals surface area contributed by atoms with E-state index in [1.54, 1.807) is 31.2 Å². The third-order valence-electron chi connectivity index (χ3n) is 2.78. The van der Waals surface area contributed by atoms with E-state index in [4.69, 9.17) is 5.11 Å². The number of carbonyl (C=O) groups excluding carboxylic acids is 2. The maximum Gasteiger partial charge on any atom is 0.310 e. The number of amides is 1. The predicted molar refractivity (Wildman–Crippen MR) is 70.6 cm³/mol. The van der Waals surface area contributed by atoms with Crippen LogP contribution in [0.15, 0.2) is 30.3 Å². The maximum atomic E-state index is 12.2. The molecule has 0 saturated heterocycles. The molecule has 1 atom stereocenters. The minimum Gasteiger partial charge on any atom is -0.469 e. The van der Waals surface area contributed by atoms with Crippen molar-refractivity contribution in [2.75, 3.05) is 26.8 Å². The van der Waals surface area contributed by atoms with Gasteiger partial charge in [-0.15, -0.1) is 0 Å². The SMILES string of the molecule is COC(=O)C(C)CN(CCO)C(=O)c1ccccc1. The van der Waals surface area contributed by atoms with E-state index in [1.807, 2.05) is 6.07 Å². The standard InChI is InChI=1S/C14H19NO4/c1-11(14(18)19-2)10-15(8-9-16)13(17)12-6-4-3-5-7-12/h3-7,11,16H,8-10H2,1-2H3. The van der Waals surface area contributed by atoms with Crippen molar-refractivity contribution < 1.29 is 19.4 Å². The molecule has 1 unspecified atom stereocenters. The van der Waals surface area contributed by atoms with E-state index in [-0.39, 0.29) is 31.6 Å². The van der Waals surface area contributed by atoms with Gasteiger partial charge in [-0.25, -0.2) is 0 Å². The molecule has 1 amide bonds. The van der Waals surface area contributed by atoms with Gasteiger partial charge in [-0.05, 0) is 12.1 Å². The van der Waals surface area contributed by atoms with E-state index in [1.165, 1.54) is 12.0 Å². The van der Waals surface area contributed by atoms with Crippen LogP contribution in [0.2, 0.25) is 0 Å². The first-order valence-corrected chi connectivity index (χ1v) is 6.13. The number of aliphatic hydroxyl groups is 1. The van der Waals surface area contributed by atoms with Gasteiger partial charge in [-0.1, -0.05) is 25.1 Å². The second-order valence-corrected chi connectivity index (χ2v) is 4.27. The summed E-state index contributed by atoms with van der Waals surface area (Å²) in [6, 6.07) is 8.78. The molecule has 0 fully saturated rings. The summed E-state index contributed by atoms with van der Waals surface area (Å²) in [6.07, 6.45) is 0. The summed E-state index contributed by atoms with van der Waals surface area (Å²) in [4.78, 5) is 25.1. The molecular weight excluding hydrogens is 246 g/mol. The maximum absolute atomic E-state index is 12.2. The van der Waals surface area contributed by atoms with Crippen LogP contribution in [0.5, 0.6) is 0 Å². The van der Waals surface area contributed by atoms with Crippen molar-refractivity contribution in [2.24, 2.45) is 5.92 Å². The molecule has 0 aliphatic carbocycles. The summed E-state index contributed by atoms with van der Waals surface area (Å²) in [6.45, 7) is 1.96. The molecule has 5 nitrogen and oxygen atoms in total. The topological polar surface area (TPSA) is 66.8 Å². The lowest BCUT2D eigenvalue weighted by Crippen LogP contribution is -2.39. The van der Waals surface area contributed by atoms with Crippen molar-refractivity contribution in [1.29, 1.82) is 0 Å². The van der Waals surface area contributed by atoms with Gasteiger partial charge >= 0.3 is 5.97 Å². The Morgan fingerprint density at radius 2 is 1.95 bits per heavy atom. The van der Waals surface area contributed by atoms with Gasteiger partial charge in [0.05, 0.1) is 19.6 Å². The van der Waals surface area contributed by atoms with E-state index in [2.05, 4.69) is 4.74 Å². The predicted octanol–water partition coefficient (Wildman–Crippen LogP) is 0.930. The average Bonchev–Trinajstić information content (AvgIpc) is 2.45. The number of benzene rings is 1. The molecule has 0 saturated carbocycles. The monoisotopic (exact) mass is 265 g/mol. The van der Waals surface area contributed by atoms with Gasteiger partial charge < -0.3 is 14.7 Å². The van der Waals surface area contributed by atoms with Crippen LogP contribution in [0.4, 0.5) is 0 Å². The molecule has 1 rings (SSSR count). The number of aliphatic hydroxyl groups excluding tert-OH is 1. The van der Waals surface area contributed by atoms with Crippen molar-refractivity contribution in [3.8, 4) is 0 Å². The van der Waals surface area contributed by atoms with Crippen molar-refractivity contribution in [2.45, 2.75) is 6.92 Å². The Morgan fingerprint density at radius 1 is 1.32 bits per heavy atom. The summed E-state index contributed by atoms with van der Waals surface area (Å²) in [5.41, 5.74) is 0.535. The Bertz CT molecular complexity index is 419. The minimum absolute atomic E-state index is 0.146. The molecule has 1 N–H and O–H groups in total. The van der Waals surface area contributed by atoms with Gasteiger partial charge in [0, 0.05) is 18.7 Å². The number of rotatable bonds is 6. The zero-order valence-electron chi connectivity index (χ0n) is 11.2. The fraction of sp³-hybridized carbons (Fsp3) is 0.429. The van der Waals surface area contributed by atoms with Gasteiger partial charge in [-0.3, -0.25) is 9.59 Å². The van der Waals surface area contributed by atoms with Gasteiger partial charge in [-0.2, -0.15) is 0 Å². The van der Waals surface area contributed by atoms with E-state index in [0.717, 1.165) is 0 Å². The van der Waals surface area contributed by atoms with Crippen LogP contribution in [0.1, 0.15) is 17.3 Å². The van der Waals surface area contributed by atoms with Crippen molar-refractivity contribution in [3.63, 3.8) is 0 Å². The highest BCUT2D eigenvalue weighted by Gasteiger charge is 2.21. The number of hydrogen-bond acceptors (Lipinski definition) is 4. The largest absolute Gasteiger partial charge is 0.469 e. The highest BCUT2D eigenvalue weighted by molar-refractivity contribution is 5.94. The molecule has 0 aromatic heterocycles. The van der Waals surface area contributed by atoms with Crippen LogP contribution in [-0.4, -0.2) is 48.7 Å². The fourth-order valence-electron chi connectivity index (χ4n) is 1.77. The van der Waals surface area contributed by atoms with Crippen LogP contribution in [0, 0.1) is 5.92 Å². The quantitative estimate of drug-likeness (QED) is 0.777. The van der Waals surface area contributed by atoms with Gasteiger partial charge in [0.25, 0.3) is 5.91 Å². The van der Waals surface area contributed by atoms with E-state index in [0.29, 0.717) is 5.56 Å². The Kier molecular flexibility index (Phi) is 6.02. The average molecular weight is 265 g/mol. The summed E-state index contributed by atoms with van der Waals surface area (Å²) in [7, 11) is 1.31. The smallest absolute Gasteiger partial charge is 0.310 e. The van der Waals surface area contributed by atoms with E-state index in [9.17, 15) is 9.59 Å². The van der Waals surface area contributed by atoms with Crippen LogP contribution in [0.3, 0.4) is 0 Å². The lowest BCUT2D eigenvalue weighted by atomic mass is 10.1. The molecule has 0 heterocycles. The summed E-state index contributed by atoms with van der Waals surface area (Å²) < 4.78 is 4.64. The molecule has 0 aliphatic heterocycles. The number of hydrogen-bond donors (Lipinski definition) is 1. The first kappa shape index (κ1) is 15.2. The van der Waals surface area contributed by atoms with Crippen molar-refractivity contribution in [3.05, 3.63) is 35.9 Å². The highest BCUT2D eigenvalue weighted by Crippen LogP contribution is 2.08. The number of nitrogens with zero attached hydrogens (tertiary/aromatic N) is 1. The minimum atomic E-state index is -0.427. The Hall–Kier alpha value is -1.88.